The number of aliphatic hydroxyl groups excluding tert-OH is 1. The van der Waals surface area contributed by atoms with Crippen molar-refractivity contribution in [1.82, 2.24) is 10.2 Å². The second-order valence-electron chi connectivity index (χ2n) is 7.44. The van der Waals surface area contributed by atoms with E-state index in [1.165, 1.54) is 38.5 Å². The Morgan fingerprint density at radius 2 is 2.10 bits per heavy atom. The summed E-state index contributed by atoms with van der Waals surface area (Å²) in [5, 5.41) is 13.2. The lowest BCUT2D eigenvalue weighted by Crippen LogP contribution is -2.47. The normalized spacial score (nSPS) is 26.0. The molecule has 0 spiro atoms. The molecule has 1 saturated heterocycles. The highest BCUT2D eigenvalue weighted by atomic mass is 16.5. The lowest BCUT2D eigenvalue weighted by Gasteiger charge is -2.30. The smallest absolute Gasteiger partial charge is 0.0610 e. The van der Waals surface area contributed by atoms with Crippen molar-refractivity contribution in [3.63, 3.8) is 0 Å². The molecule has 1 aliphatic carbocycles. The molecule has 2 aliphatic rings. The highest BCUT2D eigenvalue weighted by Crippen LogP contribution is 2.25. The quantitative estimate of drug-likeness (QED) is 0.606. The molecule has 0 bridgehead atoms. The highest BCUT2D eigenvalue weighted by Gasteiger charge is 2.31. The fraction of sp³-hybridized carbons (Fsp3) is 1.00. The van der Waals surface area contributed by atoms with Gasteiger partial charge in [-0.2, -0.15) is 0 Å². The summed E-state index contributed by atoms with van der Waals surface area (Å²) in [6.07, 6.45) is 8.57. The lowest BCUT2D eigenvalue weighted by molar-refractivity contribution is 0.0418. The number of nitrogens with one attached hydrogen (secondary N) is 1. The van der Waals surface area contributed by atoms with Crippen molar-refractivity contribution in [3.05, 3.63) is 0 Å². The maximum Gasteiger partial charge on any atom is 0.0610 e. The zero-order valence-electron chi connectivity index (χ0n) is 13.9. The van der Waals surface area contributed by atoms with E-state index in [1.807, 2.05) is 0 Å². The van der Waals surface area contributed by atoms with Crippen molar-refractivity contribution in [3.8, 4) is 0 Å². The van der Waals surface area contributed by atoms with Crippen LogP contribution in [-0.2, 0) is 4.74 Å². The summed E-state index contributed by atoms with van der Waals surface area (Å²) in [6, 6.07) is 0.663. The average Bonchev–Trinajstić information content (AvgIpc) is 3.28. The Morgan fingerprint density at radius 1 is 1.29 bits per heavy atom. The number of nitrogens with zero attached hydrogens (tertiary/aromatic N) is 1. The van der Waals surface area contributed by atoms with E-state index in [9.17, 15) is 5.11 Å². The molecule has 0 radical (unpaired) electrons. The van der Waals surface area contributed by atoms with Crippen LogP contribution in [-0.4, -0.2) is 61.5 Å². The number of rotatable bonds is 10. The van der Waals surface area contributed by atoms with Gasteiger partial charge in [-0.25, -0.2) is 0 Å². The molecule has 4 nitrogen and oxygen atoms in total. The molecule has 1 saturated carbocycles. The maximum atomic E-state index is 9.60. The minimum absolute atomic E-state index is 0.0725. The van der Waals surface area contributed by atoms with Crippen molar-refractivity contribution in [1.29, 1.82) is 0 Å². The predicted molar refractivity (Wildman–Crippen MR) is 86.5 cm³/mol. The van der Waals surface area contributed by atoms with Crippen LogP contribution in [0.1, 0.15) is 51.9 Å². The van der Waals surface area contributed by atoms with Gasteiger partial charge < -0.3 is 20.1 Å². The number of hydrogen-bond acceptors (Lipinski definition) is 4. The fourth-order valence-electron chi connectivity index (χ4n) is 3.30. The molecule has 0 amide bonds. The molecule has 4 heteroatoms. The van der Waals surface area contributed by atoms with Crippen molar-refractivity contribution < 1.29 is 9.84 Å². The van der Waals surface area contributed by atoms with Gasteiger partial charge in [-0.15, -0.1) is 0 Å². The van der Waals surface area contributed by atoms with Gasteiger partial charge in [-0.3, -0.25) is 0 Å². The first-order valence-corrected chi connectivity index (χ1v) is 8.76. The third-order valence-electron chi connectivity index (χ3n) is 4.82. The van der Waals surface area contributed by atoms with Gasteiger partial charge >= 0.3 is 0 Å². The Bertz CT molecular complexity index is 291. The SMILES string of the molecule is CN(CCCCC(C)(CO)NC1CC1)CC1CCCOC1. The summed E-state index contributed by atoms with van der Waals surface area (Å²) in [5.41, 5.74) is -0.0725. The van der Waals surface area contributed by atoms with E-state index in [0.29, 0.717) is 6.04 Å². The van der Waals surface area contributed by atoms with E-state index >= 15 is 0 Å². The highest BCUT2D eigenvalue weighted by molar-refractivity contribution is 4.92. The van der Waals surface area contributed by atoms with Gasteiger partial charge in [0.05, 0.1) is 13.2 Å². The monoisotopic (exact) mass is 298 g/mol. The van der Waals surface area contributed by atoms with Crippen molar-refractivity contribution >= 4 is 0 Å². The Hall–Kier alpha value is -0.160. The second kappa shape index (κ2) is 8.47. The molecule has 124 valence electrons. The molecule has 0 aromatic heterocycles. The Labute approximate surface area is 130 Å². The van der Waals surface area contributed by atoms with Crippen molar-refractivity contribution in [2.24, 2.45) is 5.92 Å². The van der Waals surface area contributed by atoms with E-state index in [1.54, 1.807) is 0 Å². The number of hydrogen-bond donors (Lipinski definition) is 2. The van der Waals surface area contributed by atoms with Crippen LogP contribution in [0.3, 0.4) is 0 Å². The first-order valence-electron chi connectivity index (χ1n) is 8.76. The van der Waals surface area contributed by atoms with E-state index in [4.69, 9.17) is 4.74 Å². The minimum Gasteiger partial charge on any atom is -0.394 e. The Morgan fingerprint density at radius 3 is 2.71 bits per heavy atom. The molecule has 0 aromatic rings. The lowest BCUT2D eigenvalue weighted by atomic mass is 9.95. The average molecular weight is 298 g/mol. The van der Waals surface area contributed by atoms with Crippen molar-refractivity contribution in [2.75, 3.05) is 40.0 Å². The van der Waals surface area contributed by atoms with Gasteiger partial charge in [-0.1, -0.05) is 6.42 Å². The molecule has 1 aliphatic heterocycles. The van der Waals surface area contributed by atoms with Gasteiger partial charge in [0.2, 0.25) is 0 Å². The largest absolute Gasteiger partial charge is 0.394 e. The summed E-state index contributed by atoms with van der Waals surface area (Å²) >= 11 is 0. The molecule has 1 heterocycles. The summed E-state index contributed by atoms with van der Waals surface area (Å²) in [7, 11) is 2.22. The van der Waals surface area contributed by atoms with E-state index in [0.717, 1.165) is 38.6 Å². The van der Waals surface area contributed by atoms with E-state index < -0.39 is 0 Å². The van der Waals surface area contributed by atoms with Gasteiger partial charge in [0, 0.05) is 24.7 Å². The summed E-state index contributed by atoms with van der Waals surface area (Å²) in [6.45, 7) is 6.62. The standard InChI is InChI=1S/C17H34N2O2/c1-17(14-20,18-16-7-8-16)9-3-4-10-19(2)12-15-6-5-11-21-13-15/h15-16,18,20H,3-14H2,1-2H3. The second-order valence-corrected chi connectivity index (χ2v) is 7.44. The number of unbranched alkanes of at least 4 members (excludes halogenated alkanes) is 1. The predicted octanol–water partition coefficient (Wildman–Crippen LogP) is 2.02. The zero-order chi connectivity index (χ0) is 15.1. The molecule has 2 fully saturated rings. The van der Waals surface area contributed by atoms with Crippen LogP contribution in [0.4, 0.5) is 0 Å². The summed E-state index contributed by atoms with van der Waals surface area (Å²) < 4.78 is 5.55. The Kier molecular flexibility index (Phi) is 6.93. The summed E-state index contributed by atoms with van der Waals surface area (Å²) in [4.78, 5) is 2.45. The number of aliphatic hydroxyl groups is 1. The van der Waals surface area contributed by atoms with Crippen LogP contribution >= 0.6 is 0 Å². The topological polar surface area (TPSA) is 44.7 Å². The van der Waals surface area contributed by atoms with E-state index in [-0.39, 0.29) is 12.1 Å². The van der Waals surface area contributed by atoms with Crippen LogP contribution in [0.2, 0.25) is 0 Å². The fourth-order valence-corrected chi connectivity index (χ4v) is 3.30. The third-order valence-corrected chi connectivity index (χ3v) is 4.82. The minimum atomic E-state index is -0.0725. The first kappa shape index (κ1) is 17.2. The molecule has 2 rings (SSSR count). The molecule has 2 unspecified atom stereocenters. The molecule has 0 aromatic carbocycles. The van der Waals surface area contributed by atoms with Crippen LogP contribution in [0.15, 0.2) is 0 Å². The molecular weight excluding hydrogens is 264 g/mol. The van der Waals surface area contributed by atoms with Crippen LogP contribution in [0, 0.1) is 5.92 Å². The van der Waals surface area contributed by atoms with Gasteiger partial charge in [0.25, 0.3) is 0 Å². The molecular formula is C17H34N2O2. The van der Waals surface area contributed by atoms with Crippen molar-refractivity contribution in [2.45, 2.75) is 63.5 Å². The molecule has 21 heavy (non-hydrogen) atoms. The zero-order valence-corrected chi connectivity index (χ0v) is 13.9. The van der Waals surface area contributed by atoms with Gasteiger partial charge in [0.15, 0.2) is 0 Å². The number of ether oxygens (including phenoxy) is 1. The Balaban J connectivity index is 1.55. The van der Waals surface area contributed by atoms with Gasteiger partial charge in [0.1, 0.15) is 0 Å². The van der Waals surface area contributed by atoms with Crippen LogP contribution in [0.5, 0.6) is 0 Å². The third kappa shape index (κ3) is 6.64. The van der Waals surface area contributed by atoms with Crippen LogP contribution in [0.25, 0.3) is 0 Å². The van der Waals surface area contributed by atoms with E-state index in [2.05, 4.69) is 24.2 Å². The first-order chi connectivity index (χ1) is 10.1. The maximum absolute atomic E-state index is 9.60. The molecule has 2 N–H and O–H groups in total. The summed E-state index contributed by atoms with van der Waals surface area (Å²) in [5.74, 6) is 0.725. The van der Waals surface area contributed by atoms with Gasteiger partial charge in [-0.05, 0) is 65.0 Å². The molecule has 2 atom stereocenters. The van der Waals surface area contributed by atoms with Crippen LogP contribution < -0.4 is 5.32 Å².